The van der Waals surface area contributed by atoms with Crippen LogP contribution in [0.4, 0.5) is 5.69 Å². The van der Waals surface area contributed by atoms with E-state index in [4.69, 9.17) is 21.6 Å². The number of fused-ring (bicyclic) bond motifs is 2. The zero-order valence-corrected chi connectivity index (χ0v) is 27.1. The van der Waals surface area contributed by atoms with E-state index in [-0.39, 0.29) is 0 Å². The quantitative estimate of drug-likeness (QED) is 0.138. The summed E-state index contributed by atoms with van der Waals surface area (Å²) in [6.45, 7) is 1.90. The van der Waals surface area contributed by atoms with Crippen LogP contribution in [0.1, 0.15) is 56.2 Å². The average Bonchev–Trinajstić information content (AvgIpc) is 3.49. The molecule has 0 fully saturated rings. The van der Waals surface area contributed by atoms with Gasteiger partial charge in [0, 0.05) is 51.6 Å². The second-order valence-corrected chi connectivity index (χ2v) is 12.8. The molecule has 0 amide bonds. The molecule has 0 aliphatic heterocycles. The molecule has 0 atom stereocenters. The Morgan fingerprint density at radius 2 is 1.35 bits per heavy atom. The summed E-state index contributed by atoms with van der Waals surface area (Å²) in [5.41, 5.74) is 10.7. The summed E-state index contributed by atoms with van der Waals surface area (Å²) in [6, 6.07) is 37.9. The van der Waals surface area contributed by atoms with Crippen LogP contribution >= 0.6 is 11.6 Å². The van der Waals surface area contributed by atoms with Crippen LogP contribution in [0.3, 0.4) is 0 Å². The Labute approximate surface area is 277 Å². The second-order valence-electron chi connectivity index (χ2n) is 12.4. The lowest BCUT2D eigenvalue weighted by atomic mass is 9.92. The molecule has 0 unspecified atom stereocenters. The largest absolute Gasteiger partial charge is 0.384 e. The number of pyridine rings is 1. The summed E-state index contributed by atoms with van der Waals surface area (Å²) < 4.78 is 2.42. The number of benzene rings is 4. The zero-order valence-electron chi connectivity index (χ0n) is 26.4. The first-order chi connectivity index (χ1) is 22.8. The van der Waals surface area contributed by atoms with Crippen molar-refractivity contribution in [3.05, 3.63) is 125 Å². The van der Waals surface area contributed by atoms with Crippen molar-refractivity contribution in [1.82, 2.24) is 14.5 Å². The highest BCUT2D eigenvalue weighted by Gasteiger charge is 2.21. The predicted octanol–water partition coefficient (Wildman–Crippen LogP) is 11.0. The molecule has 2 heterocycles. The molecule has 0 spiro atoms. The minimum atomic E-state index is 0.725. The second kappa shape index (κ2) is 14.3. The van der Waals surface area contributed by atoms with E-state index in [1.54, 1.807) is 0 Å². The van der Waals surface area contributed by atoms with E-state index in [0.29, 0.717) is 0 Å². The molecule has 1 N–H and O–H groups in total. The molecule has 4 aromatic carbocycles. The van der Waals surface area contributed by atoms with Gasteiger partial charge in [0.2, 0.25) is 0 Å². The normalized spacial score (nSPS) is 12.7. The van der Waals surface area contributed by atoms with E-state index < -0.39 is 0 Å². The van der Waals surface area contributed by atoms with E-state index in [0.717, 1.165) is 72.0 Å². The molecule has 0 bridgehead atoms. The van der Waals surface area contributed by atoms with Crippen LogP contribution in [0.5, 0.6) is 0 Å². The van der Waals surface area contributed by atoms with Gasteiger partial charge >= 0.3 is 0 Å². The molecule has 0 saturated heterocycles. The summed E-state index contributed by atoms with van der Waals surface area (Å²) >= 11 is 6.47. The third-order valence-corrected chi connectivity index (χ3v) is 9.41. The highest BCUT2D eigenvalue weighted by atomic mass is 35.5. The SMILES string of the molecule is Clc1cccc(-c2nc(-c3ccccc3)c(-c3ccccc3)n2CCCCCCCNc2c3c(nc4ccccc24)CCCC3)c1. The van der Waals surface area contributed by atoms with E-state index in [1.165, 1.54) is 65.7 Å². The highest BCUT2D eigenvalue weighted by molar-refractivity contribution is 6.30. The minimum Gasteiger partial charge on any atom is -0.384 e. The number of aromatic nitrogens is 3. The van der Waals surface area contributed by atoms with Gasteiger partial charge in [0.05, 0.1) is 16.9 Å². The average molecular weight is 625 g/mol. The van der Waals surface area contributed by atoms with Crippen LogP contribution in [0.15, 0.2) is 109 Å². The molecular formula is C41H41ClN4. The number of nitrogens with one attached hydrogen (secondary N) is 1. The number of unbranched alkanes of at least 4 members (excludes halogenated alkanes) is 4. The maximum Gasteiger partial charge on any atom is 0.141 e. The van der Waals surface area contributed by atoms with E-state index in [9.17, 15) is 0 Å². The van der Waals surface area contributed by atoms with Gasteiger partial charge < -0.3 is 9.88 Å². The van der Waals surface area contributed by atoms with E-state index in [1.807, 2.05) is 18.2 Å². The van der Waals surface area contributed by atoms with Crippen LogP contribution in [0, 0.1) is 0 Å². The van der Waals surface area contributed by atoms with Crippen molar-refractivity contribution >= 4 is 28.2 Å². The lowest BCUT2D eigenvalue weighted by Gasteiger charge is -2.21. The van der Waals surface area contributed by atoms with Crippen molar-refractivity contribution < 1.29 is 0 Å². The Balaban J connectivity index is 1.04. The van der Waals surface area contributed by atoms with Gasteiger partial charge in [0.1, 0.15) is 5.82 Å². The monoisotopic (exact) mass is 624 g/mol. The Morgan fingerprint density at radius 1 is 0.652 bits per heavy atom. The first-order valence-corrected chi connectivity index (χ1v) is 17.3. The summed E-state index contributed by atoms with van der Waals surface area (Å²) in [5.74, 6) is 0.970. The fraction of sp³-hybridized carbons (Fsp3) is 0.268. The van der Waals surface area contributed by atoms with Gasteiger partial charge in [-0.3, -0.25) is 4.98 Å². The number of rotatable bonds is 12. The number of nitrogens with zero attached hydrogens (tertiary/aromatic N) is 3. The number of para-hydroxylation sites is 1. The lowest BCUT2D eigenvalue weighted by Crippen LogP contribution is -2.12. The molecule has 6 aromatic rings. The zero-order chi connectivity index (χ0) is 31.1. The fourth-order valence-electron chi connectivity index (χ4n) is 6.92. The summed E-state index contributed by atoms with van der Waals surface area (Å²) in [6.07, 6.45) is 10.6. The predicted molar refractivity (Wildman–Crippen MR) is 194 cm³/mol. The van der Waals surface area contributed by atoms with Crippen molar-refractivity contribution in [2.45, 2.75) is 64.3 Å². The maximum atomic E-state index is 6.47. The van der Waals surface area contributed by atoms with Crippen molar-refractivity contribution in [3.63, 3.8) is 0 Å². The smallest absolute Gasteiger partial charge is 0.141 e. The summed E-state index contributed by atoms with van der Waals surface area (Å²) in [4.78, 5) is 10.3. The minimum absolute atomic E-state index is 0.725. The van der Waals surface area contributed by atoms with Crippen molar-refractivity contribution in [2.24, 2.45) is 0 Å². The van der Waals surface area contributed by atoms with Gasteiger partial charge in [-0.25, -0.2) is 4.98 Å². The third-order valence-electron chi connectivity index (χ3n) is 9.17. The molecule has 46 heavy (non-hydrogen) atoms. The topological polar surface area (TPSA) is 42.7 Å². The van der Waals surface area contributed by atoms with Crippen LogP contribution in [0.25, 0.3) is 44.8 Å². The van der Waals surface area contributed by atoms with Crippen LogP contribution in [-0.4, -0.2) is 21.1 Å². The van der Waals surface area contributed by atoms with Crippen molar-refractivity contribution in [2.75, 3.05) is 11.9 Å². The highest BCUT2D eigenvalue weighted by Crippen LogP contribution is 2.37. The Kier molecular flexibility index (Phi) is 9.44. The first kappa shape index (κ1) is 30.3. The summed E-state index contributed by atoms with van der Waals surface area (Å²) in [7, 11) is 0. The van der Waals surface area contributed by atoms with Gasteiger partial charge in [-0.15, -0.1) is 0 Å². The molecule has 7 rings (SSSR count). The van der Waals surface area contributed by atoms with Crippen LogP contribution < -0.4 is 5.32 Å². The van der Waals surface area contributed by atoms with Crippen LogP contribution in [0.2, 0.25) is 5.02 Å². The van der Waals surface area contributed by atoms with Crippen molar-refractivity contribution in [1.29, 1.82) is 0 Å². The number of hydrogen-bond donors (Lipinski definition) is 1. The number of aryl methyl sites for hydroxylation is 1. The van der Waals surface area contributed by atoms with E-state index in [2.05, 4.69) is 101 Å². The van der Waals surface area contributed by atoms with Crippen molar-refractivity contribution in [3.8, 4) is 33.9 Å². The number of imidazole rings is 1. The lowest BCUT2D eigenvalue weighted by molar-refractivity contribution is 0.570. The van der Waals surface area contributed by atoms with Gasteiger partial charge in [-0.2, -0.15) is 0 Å². The Bertz CT molecular complexity index is 1910. The van der Waals surface area contributed by atoms with Gasteiger partial charge in [0.25, 0.3) is 0 Å². The third kappa shape index (κ3) is 6.59. The molecular weight excluding hydrogens is 584 g/mol. The van der Waals surface area contributed by atoms with Crippen LogP contribution in [-0.2, 0) is 19.4 Å². The molecule has 0 radical (unpaired) electrons. The van der Waals surface area contributed by atoms with E-state index >= 15 is 0 Å². The first-order valence-electron chi connectivity index (χ1n) is 16.9. The number of anilines is 1. The molecule has 232 valence electrons. The fourth-order valence-corrected chi connectivity index (χ4v) is 7.11. The molecule has 1 aliphatic carbocycles. The summed E-state index contributed by atoms with van der Waals surface area (Å²) in [5, 5.41) is 5.84. The molecule has 0 saturated carbocycles. The standard InChI is InChI=1S/C41H41ClN4/c42-33-22-16-21-32(29-33)41-45-38(30-17-6-4-7-18-30)40(31-19-8-5-9-20-31)46(41)28-15-3-1-2-14-27-43-39-34-23-10-12-25-36(34)44-37-26-13-11-24-35(37)39/h4-10,12,16-23,25,29H,1-3,11,13-15,24,26-28H2,(H,43,44). The molecule has 1 aliphatic rings. The van der Waals surface area contributed by atoms with Gasteiger partial charge in [-0.1, -0.05) is 122 Å². The molecule has 4 nitrogen and oxygen atoms in total. The molecule has 5 heteroatoms. The number of halogens is 1. The Hall–Kier alpha value is -4.41. The maximum absolute atomic E-state index is 6.47. The Morgan fingerprint density at radius 3 is 2.17 bits per heavy atom. The van der Waals surface area contributed by atoms with Gasteiger partial charge in [-0.05, 0) is 62.3 Å². The van der Waals surface area contributed by atoms with Gasteiger partial charge in [0.15, 0.2) is 0 Å². The molecule has 2 aromatic heterocycles. The number of hydrogen-bond acceptors (Lipinski definition) is 3.